The third-order valence-corrected chi connectivity index (χ3v) is 2.82. The summed E-state index contributed by atoms with van der Waals surface area (Å²) in [6, 6.07) is 8.33. The molecule has 1 aliphatic rings. The number of ether oxygens (including phenoxy) is 1. The smallest absolute Gasteiger partial charge is 0.0962 e. The Balaban J connectivity index is 2.44. The van der Waals surface area contributed by atoms with Gasteiger partial charge in [-0.25, -0.2) is 0 Å². The highest BCUT2D eigenvalue weighted by Gasteiger charge is 2.27. The van der Waals surface area contributed by atoms with Crippen molar-refractivity contribution < 1.29 is 4.74 Å². The number of methoxy groups -OCH3 is 1. The molecule has 0 heterocycles. The third kappa shape index (κ3) is 1.25. The SMILES string of the molecule is C=C1CC(C(=C)OC)c2ccccc21. The van der Waals surface area contributed by atoms with Crippen LogP contribution in [0.15, 0.2) is 43.2 Å². The predicted molar refractivity (Wildman–Crippen MR) is 59.0 cm³/mol. The Hall–Kier alpha value is -1.50. The molecule has 0 radical (unpaired) electrons. The summed E-state index contributed by atoms with van der Waals surface area (Å²) in [6.07, 6.45) is 0.937. The Bertz CT molecular complexity index is 390. The lowest BCUT2D eigenvalue weighted by Crippen LogP contribution is -1.98. The zero-order valence-corrected chi connectivity index (χ0v) is 8.42. The van der Waals surface area contributed by atoms with Crippen LogP contribution in [0.4, 0.5) is 0 Å². The quantitative estimate of drug-likeness (QED) is 0.643. The topological polar surface area (TPSA) is 9.23 Å². The van der Waals surface area contributed by atoms with Crippen molar-refractivity contribution >= 4 is 5.57 Å². The Morgan fingerprint density at radius 1 is 1.43 bits per heavy atom. The van der Waals surface area contributed by atoms with Crippen LogP contribution in [-0.4, -0.2) is 7.11 Å². The zero-order valence-electron chi connectivity index (χ0n) is 8.42. The lowest BCUT2D eigenvalue weighted by Gasteiger charge is -2.12. The van der Waals surface area contributed by atoms with Crippen molar-refractivity contribution in [2.75, 3.05) is 7.11 Å². The van der Waals surface area contributed by atoms with Crippen LogP contribution in [0, 0.1) is 0 Å². The molecule has 1 aromatic rings. The molecule has 0 amide bonds. The van der Waals surface area contributed by atoms with Gasteiger partial charge in [-0.1, -0.05) is 37.4 Å². The van der Waals surface area contributed by atoms with E-state index in [0.717, 1.165) is 12.2 Å². The van der Waals surface area contributed by atoms with E-state index in [1.165, 1.54) is 16.7 Å². The molecule has 1 nitrogen and oxygen atoms in total. The van der Waals surface area contributed by atoms with Gasteiger partial charge in [0.15, 0.2) is 0 Å². The van der Waals surface area contributed by atoms with Gasteiger partial charge in [-0.05, 0) is 23.1 Å². The first-order valence-electron chi connectivity index (χ1n) is 4.74. The van der Waals surface area contributed by atoms with Gasteiger partial charge in [0.2, 0.25) is 0 Å². The maximum Gasteiger partial charge on any atom is 0.0962 e. The van der Waals surface area contributed by atoms with Crippen LogP contribution in [0.3, 0.4) is 0 Å². The van der Waals surface area contributed by atoms with Gasteiger partial charge in [0.05, 0.1) is 12.9 Å². The number of fused-ring (bicyclic) bond motifs is 1. The molecule has 1 heteroatoms. The van der Waals surface area contributed by atoms with Gasteiger partial charge in [0, 0.05) is 5.92 Å². The van der Waals surface area contributed by atoms with E-state index in [4.69, 9.17) is 4.74 Å². The molecule has 72 valence electrons. The number of allylic oxidation sites excluding steroid dienone is 2. The molecule has 0 spiro atoms. The summed E-state index contributed by atoms with van der Waals surface area (Å²) < 4.78 is 5.20. The first kappa shape index (κ1) is 9.07. The molecular formula is C13H14O. The maximum absolute atomic E-state index is 5.20. The lowest BCUT2D eigenvalue weighted by molar-refractivity contribution is 0.268. The van der Waals surface area contributed by atoms with E-state index in [9.17, 15) is 0 Å². The number of hydrogen-bond donors (Lipinski definition) is 0. The van der Waals surface area contributed by atoms with E-state index in [0.29, 0.717) is 5.92 Å². The highest BCUT2D eigenvalue weighted by Crippen LogP contribution is 2.43. The van der Waals surface area contributed by atoms with Gasteiger partial charge >= 0.3 is 0 Å². The molecule has 0 aromatic heterocycles. The highest BCUT2D eigenvalue weighted by molar-refractivity contribution is 5.73. The summed E-state index contributed by atoms with van der Waals surface area (Å²) in [5.41, 5.74) is 3.74. The Labute approximate surface area is 84.7 Å². The van der Waals surface area contributed by atoms with Crippen molar-refractivity contribution in [1.82, 2.24) is 0 Å². The maximum atomic E-state index is 5.20. The van der Waals surface area contributed by atoms with E-state index < -0.39 is 0 Å². The molecule has 0 N–H and O–H groups in total. The van der Waals surface area contributed by atoms with Crippen LogP contribution in [0.5, 0.6) is 0 Å². The second-order valence-corrected chi connectivity index (χ2v) is 3.62. The average Bonchev–Trinajstić information content (AvgIpc) is 2.56. The van der Waals surface area contributed by atoms with E-state index in [1.807, 2.05) is 12.1 Å². The Morgan fingerprint density at radius 3 is 2.86 bits per heavy atom. The molecule has 0 bridgehead atoms. The fraction of sp³-hybridized carbons (Fsp3) is 0.231. The van der Waals surface area contributed by atoms with Crippen molar-refractivity contribution in [3.63, 3.8) is 0 Å². The summed E-state index contributed by atoms with van der Waals surface area (Å²) in [5, 5.41) is 0. The van der Waals surface area contributed by atoms with Gasteiger partial charge in [-0.15, -0.1) is 0 Å². The number of hydrogen-bond acceptors (Lipinski definition) is 1. The zero-order chi connectivity index (χ0) is 10.1. The minimum Gasteiger partial charge on any atom is -0.501 e. The van der Waals surface area contributed by atoms with E-state index >= 15 is 0 Å². The molecule has 1 unspecified atom stereocenters. The van der Waals surface area contributed by atoms with Crippen LogP contribution < -0.4 is 0 Å². The van der Waals surface area contributed by atoms with Gasteiger partial charge < -0.3 is 4.74 Å². The molecule has 1 aromatic carbocycles. The fourth-order valence-electron chi connectivity index (χ4n) is 2.02. The molecule has 0 aliphatic heterocycles. The second-order valence-electron chi connectivity index (χ2n) is 3.62. The summed E-state index contributed by atoms with van der Waals surface area (Å²) in [6.45, 7) is 7.99. The lowest BCUT2D eigenvalue weighted by atomic mass is 10.00. The van der Waals surface area contributed by atoms with Crippen molar-refractivity contribution in [1.29, 1.82) is 0 Å². The standard InChI is InChI=1S/C13H14O/c1-9-8-13(10(2)14-3)12-7-5-4-6-11(9)12/h4-7,13H,1-2,8H2,3H3. The fourth-order valence-corrected chi connectivity index (χ4v) is 2.02. The van der Waals surface area contributed by atoms with Crippen LogP contribution in [0.2, 0.25) is 0 Å². The molecule has 2 rings (SSSR count). The van der Waals surface area contributed by atoms with Gasteiger partial charge in [-0.2, -0.15) is 0 Å². The largest absolute Gasteiger partial charge is 0.501 e. The molecule has 1 atom stereocenters. The molecule has 14 heavy (non-hydrogen) atoms. The monoisotopic (exact) mass is 186 g/mol. The first-order chi connectivity index (χ1) is 6.74. The van der Waals surface area contributed by atoms with Crippen molar-refractivity contribution in [3.05, 3.63) is 54.3 Å². The van der Waals surface area contributed by atoms with Gasteiger partial charge in [0.25, 0.3) is 0 Å². The minimum atomic E-state index is 0.295. The van der Waals surface area contributed by atoms with Crippen molar-refractivity contribution in [3.8, 4) is 0 Å². The number of benzene rings is 1. The van der Waals surface area contributed by atoms with Crippen LogP contribution in [0.25, 0.3) is 5.57 Å². The highest BCUT2D eigenvalue weighted by atomic mass is 16.5. The average molecular weight is 186 g/mol. The van der Waals surface area contributed by atoms with Crippen LogP contribution in [0.1, 0.15) is 23.5 Å². The van der Waals surface area contributed by atoms with Crippen molar-refractivity contribution in [2.24, 2.45) is 0 Å². The summed E-state index contributed by atoms with van der Waals surface area (Å²) >= 11 is 0. The van der Waals surface area contributed by atoms with Crippen LogP contribution in [-0.2, 0) is 4.74 Å². The normalized spacial score (nSPS) is 19.2. The Kier molecular flexibility index (Phi) is 2.16. The van der Waals surface area contributed by atoms with Crippen LogP contribution >= 0.6 is 0 Å². The minimum absolute atomic E-state index is 0.295. The van der Waals surface area contributed by atoms with Gasteiger partial charge in [-0.3, -0.25) is 0 Å². The molecule has 1 aliphatic carbocycles. The molecular weight excluding hydrogens is 172 g/mol. The van der Waals surface area contributed by atoms with E-state index in [1.54, 1.807) is 7.11 Å². The molecule has 0 saturated carbocycles. The number of rotatable bonds is 2. The summed E-state index contributed by atoms with van der Waals surface area (Å²) in [7, 11) is 1.67. The van der Waals surface area contributed by atoms with E-state index in [-0.39, 0.29) is 0 Å². The predicted octanol–water partition coefficient (Wildman–Crippen LogP) is 3.35. The summed E-state index contributed by atoms with van der Waals surface area (Å²) in [5.74, 6) is 1.12. The molecule has 0 saturated heterocycles. The summed E-state index contributed by atoms with van der Waals surface area (Å²) in [4.78, 5) is 0. The Morgan fingerprint density at radius 2 is 2.14 bits per heavy atom. The van der Waals surface area contributed by atoms with Crippen molar-refractivity contribution in [2.45, 2.75) is 12.3 Å². The third-order valence-electron chi connectivity index (χ3n) is 2.82. The van der Waals surface area contributed by atoms with Gasteiger partial charge in [0.1, 0.15) is 0 Å². The second kappa shape index (κ2) is 3.33. The molecule has 0 fully saturated rings. The first-order valence-corrected chi connectivity index (χ1v) is 4.74. The van der Waals surface area contributed by atoms with E-state index in [2.05, 4.69) is 25.3 Å².